The van der Waals surface area contributed by atoms with Gasteiger partial charge >= 0.3 is 0 Å². The Morgan fingerprint density at radius 1 is 0.917 bits per heavy atom. The lowest BCUT2D eigenvalue weighted by atomic mass is 10.2. The summed E-state index contributed by atoms with van der Waals surface area (Å²) in [6.07, 6.45) is 0. The standard InChI is InChI=1S/C13H11NO8S2/c15-11-7-9(4-5-12(11)24(20,21)22)14-13(16)8-2-1-3-10(6-8)23(17,18)19/h1-7,15H,(H,14,16)(H,17,18,19)(H,20,21,22). The van der Waals surface area contributed by atoms with Gasteiger partial charge in [-0.15, -0.1) is 0 Å². The number of carbonyl (C=O) groups is 1. The van der Waals surface area contributed by atoms with Gasteiger partial charge in [-0.1, -0.05) is 6.07 Å². The van der Waals surface area contributed by atoms with Gasteiger partial charge in [-0.2, -0.15) is 16.8 Å². The molecule has 24 heavy (non-hydrogen) atoms. The van der Waals surface area contributed by atoms with Crippen molar-refractivity contribution < 1.29 is 35.8 Å². The van der Waals surface area contributed by atoms with Crippen molar-refractivity contribution in [2.45, 2.75) is 9.79 Å². The number of carbonyl (C=O) groups excluding carboxylic acids is 1. The van der Waals surface area contributed by atoms with Gasteiger partial charge in [-0.3, -0.25) is 13.9 Å². The predicted octanol–water partition coefficient (Wildman–Crippen LogP) is 1.14. The minimum atomic E-state index is -4.61. The quantitative estimate of drug-likeness (QED) is 0.581. The number of benzene rings is 2. The van der Waals surface area contributed by atoms with Crippen LogP contribution in [-0.2, 0) is 20.2 Å². The van der Waals surface area contributed by atoms with Crippen molar-refractivity contribution in [2.75, 3.05) is 5.32 Å². The first-order valence-corrected chi connectivity index (χ1v) is 9.06. The number of hydrogen-bond donors (Lipinski definition) is 4. The van der Waals surface area contributed by atoms with E-state index in [2.05, 4.69) is 5.32 Å². The summed E-state index contributed by atoms with van der Waals surface area (Å²) in [5, 5.41) is 11.9. The SMILES string of the molecule is O=C(Nc1ccc(S(=O)(=O)O)c(O)c1)c1cccc(S(=O)(=O)O)c1. The van der Waals surface area contributed by atoms with Crippen LogP contribution >= 0.6 is 0 Å². The first-order chi connectivity index (χ1) is 11.0. The zero-order valence-corrected chi connectivity index (χ0v) is 13.4. The van der Waals surface area contributed by atoms with Gasteiger partial charge in [0.2, 0.25) is 0 Å². The van der Waals surface area contributed by atoms with Crippen LogP contribution in [0.2, 0.25) is 0 Å². The Morgan fingerprint density at radius 3 is 2.12 bits per heavy atom. The molecule has 2 rings (SSSR count). The molecule has 0 aliphatic heterocycles. The molecule has 0 saturated heterocycles. The summed E-state index contributed by atoms with van der Waals surface area (Å²) < 4.78 is 61.9. The van der Waals surface area contributed by atoms with Crippen molar-refractivity contribution in [3.05, 3.63) is 48.0 Å². The number of phenolic OH excluding ortho intramolecular Hbond substituents is 1. The first-order valence-electron chi connectivity index (χ1n) is 6.18. The molecule has 0 radical (unpaired) electrons. The smallest absolute Gasteiger partial charge is 0.298 e. The predicted molar refractivity (Wildman–Crippen MR) is 82.1 cm³/mol. The van der Waals surface area contributed by atoms with Crippen molar-refractivity contribution in [3.8, 4) is 5.75 Å². The molecule has 9 nitrogen and oxygen atoms in total. The normalized spacial score (nSPS) is 11.9. The number of aromatic hydroxyl groups is 1. The summed E-state index contributed by atoms with van der Waals surface area (Å²) in [5.74, 6) is -1.54. The number of nitrogens with one attached hydrogen (secondary N) is 1. The van der Waals surface area contributed by atoms with Crippen molar-refractivity contribution >= 4 is 31.8 Å². The highest BCUT2D eigenvalue weighted by atomic mass is 32.2. The summed E-state index contributed by atoms with van der Waals surface area (Å²) in [6.45, 7) is 0. The summed E-state index contributed by atoms with van der Waals surface area (Å²) in [5.41, 5.74) is -0.0920. The lowest BCUT2D eigenvalue weighted by molar-refractivity contribution is 0.102. The highest BCUT2D eigenvalue weighted by molar-refractivity contribution is 7.86. The molecule has 1 amide bonds. The summed E-state index contributed by atoms with van der Waals surface area (Å²) in [4.78, 5) is 10.8. The Labute approximate surface area is 137 Å². The molecular weight excluding hydrogens is 362 g/mol. The number of anilines is 1. The van der Waals surface area contributed by atoms with E-state index < -0.39 is 41.7 Å². The molecule has 0 heterocycles. The molecule has 0 aliphatic carbocycles. The summed E-state index contributed by atoms with van der Waals surface area (Å²) >= 11 is 0. The van der Waals surface area contributed by atoms with Gasteiger partial charge in [0.05, 0.1) is 4.90 Å². The van der Waals surface area contributed by atoms with Gasteiger partial charge in [-0.05, 0) is 30.3 Å². The highest BCUT2D eigenvalue weighted by Crippen LogP contribution is 2.26. The number of rotatable bonds is 4. The fourth-order valence-corrected chi connectivity index (χ4v) is 2.90. The van der Waals surface area contributed by atoms with E-state index in [9.17, 15) is 26.7 Å². The monoisotopic (exact) mass is 373 g/mol. The van der Waals surface area contributed by atoms with E-state index in [1.807, 2.05) is 0 Å². The van der Waals surface area contributed by atoms with Gasteiger partial charge < -0.3 is 10.4 Å². The number of phenols is 1. The van der Waals surface area contributed by atoms with E-state index in [0.29, 0.717) is 0 Å². The van der Waals surface area contributed by atoms with Crippen LogP contribution in [-0.4, -0.2) is 37.0 Å². The minimum Gasteiger partial charge on any atom is -0.506 e. The molecule has 0 unspecified atom stereocenters. The van der Waals surface area contributed by atoms with E-state index in [4.69, 9.17) is 9.11 Å². The van der Waals surface area contributed by atoms with Crippen LogP contribution in [0.4, 0.5) is 5.69 Å². The molecule has 2 aromatic carbocycles. The zero-order valence-electron chi connectivity index (χ0n) is 11.7. The van der Waals surface area contributed by atoms with Gasteiger partial charge in [0.1, 0.15) is 10.6 Å². The van der Waals surface area contributed by atoms with Crippen LogP contribution in [0.15, 0.2) is 52.3 Å². The van der Waals surface area contributed by atoms with Gasteiger partial charge in [-0.25, -0.2) is 0 Å². The van der Waals surface area contributed by atoms with Crippen LogP contribution in [0.5, 0.6) is 5.75 Å². The molecule has 0 spiro atoms. The molecule has 0 saturated carbocycles. The maximum Gasteiger partial charge on any atom is 0.298 e. The fraction of sp³-hybridized carbons (Fsp3) is 0. The topological polar surface area (TPSA) is 158 Å². The molecule has 0 aliphatic rings. The van der Waals surface area contributed by atoms with E-state index in [-0.39, 0.29) is 11.3 Å². The third kappa shape index (κ3) is 4.08. The molecule has 0 aromatic heterocycles. The molecular formula is C13H11NO8S2. The van der Waals surface area contributed by atoms with E-state index >= 15 is 0 Å². The molecule has 11 heteroatoms. The van der Waals surface area contributed by atoms with Crippen LogP contribution in [0.1, 0.15) is 10.4 Å². The second kappa shape index (κ2) is 6.20. The van der Waals surface area contributed by atoms with Gasteiger partial charge in [0.25, 0.3) is 26.1 Å². The van der Waals surface area contributed by atoms with Crippen LogP contribution < -0.4 is 5.32 Å². The molecule has 4 N–H and O–H groups in total. The second-order valence-corrected chi connectivity index (χ2v) is 7.43. The second-order valence-electron chi connectivity index (χ2n) is 4.61. The first kappa shape index (κ1) is 17.9. The lowest BCUT2D eigenvalue weighted by Crippen LogP contribution is -2.13. The molecule has 128 valence electrons. The van der Waals surface area contributed by atoms with E-state index in [1.54, 1.807) is 0 Å². The number of amides is 1. The summed E-state index contributed by atoms with van der Waals surface area (Å²) in [6, 6.07) is 7.47. The Hall–Kier alpha value is -2.47. The third-order valence-corrected chi connectivity index (χ3v) is 4.64. The van der Waals surface area contributed by atoms with E-state index in [1.165, 1.54) is 12.1 Å². The van der Waals surface area contributed by atoms with Crippen molar-refractivity contribution in [3.63, 3.8) is 0 Å². The van der Waals surface area contributed by atoms with Crippen molar-refractivity contribution in [2.24, 2.45) is 0 Å². The van der Waals surface area contributed by atoms with Crippen LogP contribution in [0, 0.1) is 0 Å². The average Bonchev–Trinajstić information content (AvgIpc) is 2.45. The number of hydrogen-bond acceptors (Lipinski definition) is 6. The van der Waals surface area contributed by atoms with Crippen LogP contribution in [0.3, 0.4) is 0 Å². The van der Waals surface area contributed by atoms with Gasteiger partial charge in [0.15, 0.2) is 0 Å². The Kier molecular flexibility index (Phi) is 4.62. The maximum absolute atomic E-state index is 12.0. The Bertz CT molecular complexity index is 1010. The fourth-order valence-electron chi connectivity index (χ4n) is 1.81. The highest BCUT2D eigenvalue weighted by Gasteiger charge is 2.17. The molecule has 0 atom stereocenters. The van der Waals surface area contributed by atoms with Gasteiger partial charge in [0, 0.05) is 17.3 Å². The maximum atomic E-state index is 12.0. The average molecular weight is 373 g/mol. The lowest BCUT2D eigenvalue weighted by Gasteiger charge is -2.08. The Balaban J connectivity index is 2.29. The Morgan fingerprint density at radius 2 is 1.58 bits per heavy atom. The largest absolute Gasteiger partial charge is 0.506 e. The van der Waals surface area contributed by atoms with Crippen LogP contribution in [0.25, 0.3) is 0 Å². The van der Waals surface area contributed by atoms with Crippen molar-refractivity contribution in [1.82, 2.24) is 0 Å². The molecule has 2 aromatic rings. The minimum absolute atomic E-state index is 0.00200. The van der Waals surface area contributed by atoms with E-state index in [0.717, 1.165) is 30.3 Å². The third-order valence-electron chi connectivity index (χ3n) is 2.89. The molecule has 0 bridgehead atoms. The molecule has 0 fully saturated rings. The van der Waals surface area contributed by atoms with Crippen molar-refractivity contribution in [1.29, 1.82) is 0 Å². The zero-order chi connectivity index (χ0) is 18.1. The summed E-state index contributed by atoms with van der Waals surface area (Å²) in [7, 11) is -9.08.